The minimum Gasteiger partial charge on any atom is -0.481 e. The maximum atomic E-state index is 13.5. The van der Waals surface area contributed by atoms with Crippen LogP contribution in [0.15, 0.2) is 60.7 Å². The number of carboxylic acids is 1. The summed E-state index contributed by atoms with van der Waals surface area (Å²) in [5.41, 5.74) is -1.74. The van der Waals surface area contributed by atoms with Gasteiger partial charge in [0.25, 0.3) is 0 Å². The van der Waals surface area contributed by atoms with Gasteiger partial charge in [0.1, 0.15) is 0 Å². The lowest BCUT2D eigenvalue weighted by Gasteiger charge is -2.19. The molecule has 0 saturated heterocycles. The minimum atomic E-state index is -5.02. The minimum absolute atomic E-state index is 0.0125. The molecule has 3 nitrogen and oxygen atoms in total. The predicted molar refractivity (Wildman–Crippen MR) is 122 cm³/mol. The first-order valence-corrected chi connectivity index (χ1v) is 10.9. The summed E-state index contributed by atoms with van der Waals surface area (Å²) >= 11 is 0. The second-order valence-electron chi connectivity index (χ2n) is 8.85. The van der Waals surface area contributed by atoms with E-state index in [0.29, 0.717) is 28.8 Å². The molecule has 36 heavy (non-hydrogen) atoms. The number of alkyl halides is 6. The number of nitriles is 1. The van der Waals surface area contributed by atoms with Crippen molar-refractivity contribution in [3.63, 3.8) is 0 Å². The summed E-state index contributed by atoms with van der Waals surface area (Å²) in [4.78, 5) is 12.1. The molecule has 0 saturated carbocycles. The molecule has 9 heteroatoms. The molecular formula is C27H21F6NO2. The van der Waals surface area contributed by atoms with Crippen LogP contribution >= 0.6 is 0 Å². The zero-order valence-corrected chi connectivity index (χ0v) is 19.2. The standard InChI is InChI=1S/C27H21F6NO2/c1-15(2)7-24(25(35)36)21-9-18(17-5-3-16(14-34)4-6-17)8-19(10-21)20-11-22(26(28,29)30)13-23(12-20)27(31,32)33/h3-6,8-13,15,24H,7H2,1-2H3,(H,35,36). The monoisotopic (exact) mass is 505 g/mol. The highest BCUT2D eigenvalue weighted by Crippen LogP contribution is 2.40. The molecular weight excluding hydrogens is 484 g/mol. The molecule has 0 aliphatic heterocycles. The van der Waals surface area contributed by atoms with Gasteiger partial charge in [0.05, 0.1) is 28.7 Å². The summed E-state index contributed by atoms with van der Waals surface area (Å²) in [5.74, 6) is -2.24. The molecule has 3 aromatic carbocycles. The molecule has 0 aliphatic carbocycles. The SMILES string of the molecule is CC(C)CC(C(=O)O)c1cc(-c2ccc(C#N)cc2)cc(-c2cc(C(F)(F)F)cc(C(F)(F)F)c2)c1. The van der Waals surface area contributed by atoms with Crippen molar-refractivity contribution < 1.29 is 36.2 Å². The van der Waals surface area contributed by atoms with Crippen molar-refractivity contribution in [2.45, 2.75) is 38.5 Å². The van der Waals surface area contributed by atoms with Crippen molar-refractivity contribution in [2.75, 3.05) is 0 Å². The van der Waals surface area contributed by atoms with Gasteiger partial charge in [-0.1, -0.05) is 38.1 Å². The molecule has 0 fully saturated rings. The van der Waals surface area contributed by atoms with Gasteiger partial charge in [-0.3, -0.25) is 4.79 Å². The summed E-state index contributed by atoms with van der Waals surface area (Å²) in [6.07, 6.45) is -9.84. The van der Waals surface area contributed by atoms with Crippen molar-refractivity contribution in [1.29, 1.82) is 5.26 Å². The first kappa shape index (κ1) is 26.8. The number of carbonyl (C=O) groups is 1. The van der Waals surface area contributed by atoms with E-state index in [9.17, 15) is 36.2 Å². The van der Waals surface area contributed by atoms with E-state index in [1.807, 2.05) is 19.9 Å². The Morgan fingerprint density at radius 2 is 1.28 bits per heavy atom. The molecule has 0 aromatic heterocycles. The van der Waals surface area contributed by atoms with Crippen LogP contribution in [0.5, 0.6) is 0 Å². The third-order valence-corrected chi connectivity index (χ3v) is 5.63. The number of benzene rings is 3. The summed E-state index contributed by atoms with van der Waals surface area (Å²) < 4.78 is 80.7. The second kappa shape index (κ2) is 10.1. The molecule has 0 heterocycles. The van der Waals surface area contributed by atoms with E-state index in [0.717, 1.165) is 0 Å². The molecule has 0 aliphatic rings. The number of carboxylic acid groups (broad SMARTS) is 1. The fraction of sp³-hybridized carbons (Fsp3) is 0.259. The van der Waals surface area contributed by atoms with Crippen molar-refractivity contribution >= 4 is 5.97 Å². The molecule has 0 radical (unpaired) electrons. The maximum absolute atomic E-state index is 13.5. The van der Waals surface area contributed by atoms with Crippen molar-refractivity contribution in [2.24, 2.45) is 5.92 Å². The van der Waals surface area contributed by atoms with Crippen LogP contribution in [0.1, 0.15) is 48.4 Å². The number of hydrogen-bond acceptors (Lipinski definition) is 2. The highest BCUT2D eigenvalue weighted by atomic mass is 19.4. The Morgan fingerprint density at radius 1 is 0.806 bits per heavy atom. The third kappa shape index (κ3) is 6.25. The molecule has 0 spiro atoms. The van der Waals surface area contributed by atoms with Gasteiger partial charge in [0.2, 0.25) is 0 Å². The Bertz CT molecular complexity index is 1270. The number of rotatable bonds is 6. The van der Waals surface area contributed by atoms with Gasteiger partial charge in [-0.15, -0.1) is 0 Å². The van der Waals surface area contributed by atoms with Gasteiger partial charge in [0.15, 0.2) is 0 Å². The average Bonchev–Trinajstić information content (AvgIpc) is 2.80. The maximum Gasteiger partial charge on any atom is 0.416 e. The number of aliphatic carboxylic acids is 1. The summed E-state index contributed by atoms with van der Waals surface area (Å²) in [6, 6.07) is 13.7. The lowest BCUT2D eigenvalue weighted by Crippen LogP contribution is -2.14. The zero-order valence-electron chi connectivity index (χ0n) is 19.2. The summed E-state index contributed by atoms with van der Waals surface area (Å²) in [7, 11) is 0. The first-order chi connectivity index (χ1) is 16.7. The molecule has 188 valence electrons. The van der Waals surface area contributed by atoms with E-state index in [4.69, 9.17) is 5.26 Å². The summed E-state index contributed by atoms with van der Waals surface area (Å²) in [6.45, 7) is 3.62. The number of hydrogen-bond donors (Lipinski definition) is 1. The van der Waals surface area contributed by atoms with Crippen LogP contribution in [0.4, 0.5) is 26.3 Å². The largest absolute Gasteiger partial charge is 0.481 e. The molecule has 1 unspecified atom stereocenters. The zero-order chi connectivity index (χ0) is 26.8. The lowest BCUT2D eigenvalue weighted by molar-refractivity contribution is -0.143. The van der Waals surface area contributed by atoms with Crippen molar-refractivity contribution in [3.8, 4) is 28.3 Å². The highest BCUT2D eigenvalue weighted by molar-refractivity contribution is 5.81. The Kier molecular flexibility index (Phi) is 7.48. The molecule has 0 bridgehead atoms. The van der Waals surface area contributed by atoms with Gasteiger partial charge in [-0.2, -0.15) is 31.6 Å². The molecule has 1 N–H and O–H groups in total. The fourth-order valence-electron chi connectivity index (χ4n) is 3.90. The van der Waals surface area contributed by atoms with E-state index in [-0.39, 0.29) is 35.1 Å². The normalized spacial score (nSPS) is 12.9. The summed E-state index contributed by atoms with van der Waals surface area (Å²) in [5, 5.41) is 18.9. The van der Waals surface area contributed by atoms with Gasteiger partial charge in [-0.25, -0.2) is 0 Å². The van der Waals surface area contributed by atoms with Crippen LogP contribution in [0.3, 0.4) is 0 Å². The Hall–Kier alpha value is -3.80. The molecule has 3 aromatic rings. The van der Waals surface area contributed by atoms with Crippen LogP contribution in [0.2, 0.25) is 0 Å². The van der Waals surface area contributed by atoms with Gasteiger partial charge in [0, 0.05) is 0 Å². The highest BCUT2D eigenvalue weighted by Gasteiger charge is 2.37. The Labute approximate surface area is 203 Å². The van der Waals surface area contributed by atoms with Gasteiger partial charge in [-0.05, 0) is 76.6 Å². The number of halogens is 6. The average molecular weight is 505 g/mol. The topological polar surface area (TPSA) is 61.1 Å². The van der Waals surface area contributed by atoms with E-state index in [2.05, 4.69) is 0 Å². The predicted octanol–water partition coefficient (Wildman–Crippen LogP) is 8.14. The molecule has 0 amide bonds. The van der Waals surface area contributed by atoms with Crippen LogP contribution in [0.25, 0.3) is 22.3 Å². The number of nitrogens with zero attached hydrogens (tertiary/aromatic N) is 1. The fourth-order valence-corrected chi connectivity index (χ4v) is 3.90. The van der Waals surface area contributed by atoms with Gasteiger partial charge < -0.3 is 5.11 Å². The first-order valence-electron chi connectivity index (χ1n) is 10.9. The van der Waals surface area contributed by atoms with Crippen LogP contribution < -0.4 is 0 Å². The molecule has 1 atom stereocenters. The van der Waals surface area contributed by atoms with Crippen molar-refractivity contribution in [3.05, 3.63) is 82.9 Å². The smallest absolute Gasteiger partial charge is 0.416 e. The lowest BCUT2D eigenvalue weighted by atomic mass is 9.86. The van der Waals surface area contributed by atoms with E-state index < -0.39 is 35.4 Å². The molecule has 3 rings (SSSR count). The van der Waals surface area contributed by atoms with E-state index in [1.165, 1.54) is 24.3 Å². The quantitative estimate of drug-likeness (QED) is 0.344. The van der Waals surface area contributed by atoms with Crippen LogP contribution in [0, 0.1) is 17.2 Å². The van der Waals surface area contributed by atoms with E-state index >= 15 is 0 Å². The Morgan fingerprint density at radius 3 is 1.69 bits per heavy atom. The van der Waals surface area contributed by atoms with Gasteiger partial charge >= 0.3 is 18.3 Å². The van der Waals surface area contributed by atoms with Crippen LogP contribution in [-0.4, -0.2) is 11.1 Å². The Balaban J connectivity index is 2.31. The second-order valence-corrected chi connectivity index (χ2v) is 8.85. The van der Waals surface area contributed by atoms with Crippen molar-refractivity contribution in [1.82, 2.24) is 0 Å². The van der Waals surface area contributed by atoms with Crippen LogP contribution in [-0.2, 0) is 17.1 Å². The third-order valence-electron chi connectivity index (χ3n) is 5.63. The van der Waals surface area contributed by atoms with E-state index in [1.54, 1.807) is 18.2 Å².